The largest absolute Gasteiger partial charge is 0.465 e. The molecule has 0 atom stereocenters. The molecule has 1 saturated heterocycles. The molecule has 1 aliphatic heterocycles. The lowest BCUT2D eigenvalue weighted by molar-refractivity contribution is -0.143. The van der Waals surface area contributed by atoms with Gasteiger partial charge in [-0.15, -0.1) is 0 Å². The van der Waals surface area contributed by atoms with Gasteiger partial charge in [0, 0.05) is 13.1 Å². The van der Waals surface area contributed by atoms with Crippen molar-refractivity contribution < 1.29 is 19.1 Å². The molecule has 5 heteroatoms. The van der Waals surface area contributed by atoms with Crippen molar-refractivity contribution in [1.29, 1.82) is 0 Å². The number of benzene rings is 1. The number of carbonyl (C=O) groups excluding carboxylic acids is 2. The van der Waals surface area contributed by atoms with Crippen LogP contribution in [0.4, 0.5) is 0 Å². The van der Waals surface area contributed by atoms with Gasteiger partial charge >= 0.3 is 5.97 Å². The zero-order chi connectivity index (χ0) is 13.0. The van der Waals surface area contributed by atoms with E-state index in [1.807, 2.05) is 12.1 Å². The highest BCUT2D eigenvalue weighted by molar-refractivity contribution is 5.89. The number of nitrogens with zero attached hydrogens (tertiary/aromatic N) is 1. The van der Waals surface area contributed by atoms with Crippen molar-refractivity contribution in [2.75, 3.05) is 26.9 Å². The van der Waals surface area contributed by atoms with Gasteiger partial charge < -0.3 is 14.4 Å². The maximum atomic E-state index is 11.5. The molecule has 5 nitrogen and oxygen atoms in total. The van der Waals surface area contributed by atoms with Gasteiger partial charge in [-0.05, 0) is 17.7 Å². The van der Waals surface area contributed by atoms with Crippen molar-refractivity contribution in [3.8, 4) is 0 Å². The van der Waals surface area contributed by atoms with E-state index >= 15 is 0 Å². The summed E-state index contributed by atoms with van der Waals surface area (Å²) in [4.78, 5) is 24.6. The number of methoxy groups -OCH3 is 1. The van der Waals surface area contributed by atoms with Gasteiger partial charge in [0.05, 0.1) is 19.3 Å². The van der Waals surface area contributed by atoms with Crippen LogP contribution < -0.4 is 0 Å². The lowest BCUT2D eigenvalue weighted by Crippen LogP contribution is -2.40. The van der Waals surface area contributed by atoms with Gasteiger partial charge in [0.2, 0.25) is 5.91 Å². The molecule has 0 bridgehead atoms. The highest BCUT2D eigenvalue weighted by atomic mass is 16.5. The van der Waals surface area contributed by atoms with Crippen molar-refractivity contribution in [1.82, 2.24) is 4.90 Å². The van der Waals surface area contributed by atoms with Crippen molar-refractivity contribution in [2.24, 2.45) is 0 Å². The minimum atomic E-state index is -0.357. The number of rotatable bonds is 3. The molecule has 1 fully saturated rings. The first-order chi connectivity index (χ1) is 8.70. The van der Waals surface area contributed by atoms with Crippen LogP contribution in [0.5, 0.6) is 0 Å². The second-order valence-electron chi connectivity index (χ2n) is 4.06. The first-order valence-electron chi connectivity index (χ1n) is 5.73. The molecule has 2 rings (SSSR count). The van der Waals surface area contributed by atoms with Crippen molar-refractivity contribution in [3.05, 3.63) is 35.4 Å². The quantitative estimate of drug-likeness (QED) is 0.745. The normalized spacial score (nSPS) is 15.6. The fourth-order valence-corrected chi connectivity index (χ4v) is 1.80. The zero-order valence-corrected chi connectivity index (χ0v) is 10.2. The smallest absolute Gasteiger partial charge is 0.337 e. The van der Waals surface area contributed by atoms with E-state index in [0.717, 1.165) is 5.56 Å². The van der Waals surface area contributed by atoms with E-state index in [1.54, 1.807) is 17.0 Å². The van der Waals surface area contributed by atoms with Crippen LogP contribution in [0, 0.1) is 0 Å². The van der Waals surface area contributed by atoms with Crippen molar-refractivity contribution >= 4 is 11.9 Å². The highest BCUT2D eigenvalue weighted by Gasteiger charge is 2.18. The highest BCUT2D eigenvalue weighted by Crippen LogP contribution is 2.10. The maximum Gasteiger partial charge on any atom is 0.337 e. The fraction of sp³-hybridized carbons (Fsp3) is 0.385. The number of ether oxygens (including phenoxy) is 2. The van der Waals surface area contributed by atoms with E-state index in [1.165, 1.54) is 7.11 Å². The molecular formula is C13H15NO4. The molecule has 18 heavy (non-hydrogen) atoms. The summed E-state index contributed by atoms with van der Waals surface area (Å²) in [6.07, 6.45) is 0. The lowest BCUT2D eigenvalue weighted by atomic mass is 10.1. The van der Waals surface area contributed by atoms with Crippen molar-refractivity contribution in [3.63, 3.8) is 0 Å². The van der Waals surface area contributed by atoms with Gasteiger partial charge in [0.15, 0.2) is 0 Å². The molecule has 0 aliphatic carbocycles. The summed E-state index contributed by atoms with van der Waals surface area (Å²) in [6, 6.07) is 7.06. The summed E-state index contributed by atoms with van der Waals surface area (Å²) in [5.41, 5.74) is 1.49. The van der Waals surface area contributed by atoms with Gasteiger partial charge in [-0.3, -0.25) is 4.79 Å². The molecule has 1 heterocycles. The Hall–Kier alpha value is -1.88. The molecule has 0 N–H and O–H groups in total. The summed E-state index contributed by atoms with van der Waals surface area (Å²) in [7, 11) is 1.35. The predicted octanol–water partition coefficient (Wildman–Crippen LogP) is 0.832. The lowest BCUT2D eigenvalue weighted by Gasteiger charge is -2.26. The summed E-state index contributed by atoms with van der Waals surface area (Å²) in [5.74, 6) is -0.359. The topological polar surface area (TPSA) is 55.8 Å². The van der Waals surface area contributed by atoms with E-state index in [4.69, 9.17) is 4.74 Å². The predicted molar refractivity (Wildman–Crippen MR) is 64.0 cm³/mol. The molecular weight excluding hydrogens is 234 g/mol. The molecule has 1 amide bonds. The molecule has 0 unspecified atom stereocenters. The third-order valence-electron chi connectivity index (χ3n) is 2.83. The van der Waals surface area contributed by atoms with Crippen LogP contribution in [0.3, 0.4) is 0 Å². The number of hydrogen-bond acceptors (Lipinski definition) is 4. The number of esters is 1. The second-order valence-corrected chi connectivity index (χ2v) is 4.06. The fourth-order valence-electron chi connectivity index (χ4n) is 1.80. The zero-order valence-electron chi connectivity index (χ0n) is 10.2. The van der Waals surface area contributed by atoms with Gasteiger partial charge in [0.25, 0.3) is 0 Å². The van der Waals surface area contributed by atoms with E-state index in [0.29, 0.717) is 25.3 Å². The Morgan fingerprint density at radius 3 is 2.72 bits per heavy atom. The number of carbonyl (C=O) groups is 2. The summed E-state index contributed by atoms with van der Waals surface area (Å²) in [5, 5.41) is 0. The van der Waals surface area contributed by atoms with Crippen LogP contribution in [-0.2, 0) is 20.8 Å². The molecule has 1 aromatic carbocycles. The van der Waals surface area contributed by atoms with Gasteiger partial charge in [0.1, 0.15) is 6.61 Å². The van der Waals surface area contributed by atoms with E-state index in [2.05, 4.69) is 4.74 Å². The standard InChI is InChI=1S/C13H15NO4/c1-17-13(16)11-4-2-10(3-5-11)8-14-6-7-18-9-12(14)15/h2-5H,6-9H2,1H3. The van der Waals surface area contributed by atoms with E-state index < -0.39 is 0 Å². The minimum Gasteiger partial charge on any atom is -0.465 e. The number of amides is 1. The maximum absolute atomic E-state index is 11.5. The van der Waals surface area contributed by atoms with Gasteiger partial charge in [-0.25, -0.2) is 4.79 Å². The number of hydrogen-bond donors (Lipinski definition) is 0. The van der Waals surface area contributed by atoms with Crippen LogP contribution >= 0.6 is 0 Å². The molecule has 0 spiro atoms. The third-order valence-corrected chi connectivity index (χ3v) is 2.83. The molecule has 1 aliphatic rings. The average Bonchev–Trinajstić information content (AvgIpc) is 2.41. The van der Waals surface area contributed by atoms with Gasteiger partial charge in [-0.1, -0.05) is 12.1 Å². The molecule has 1 aromatic rings. The van der Waals surface area contributed by atoms with Crippen LogP contribution in [0.25, 0.3) is 0 Å². The first-order valence-corrected chi connectivity index (χ1v) is 5.73. The number of morpholine rings is 1. The SMILES string of the molecule is COC(=O)c1ccc(CN2CCOCC2=O)cc1. The monoisotopic (exact) mass is 249 g/mol. The molecule has 0 radical (unpaired) electrons. The van der Waals surface area contributed by atoms with E-state index in [-0.39, 0.29) is 18.5 Å². The summed E-state index contributed by atoms with van der Waals surface area (Å²) in [6.45, 7) is 1.88. The van der Waals surface area contributed by atoms with Crippen LogP contribution in [0.1, 0.15) is 15.9 Å². The first kappa shape index (κ1) is 12.6. The summed E-state index contributed by atoms with van der Waals surface area (Å²) >= 11 is 0. The van der Waals surface area contributed by atoms with Crippen molar-refractivity contribution in [2.45, 2.75) is 6.54 Å². The molecule has 96 valence electrons. The average molecular weight is 249 g/mol. The Labute approximate surface area is 105 Å². The Bertz CT molecular complexity index is 441. The van der Waals surface area contributed by atoms with Crippen LogP contribution in [0.2, 0.25) is 0 Å². The van der Waals surface area contributed by atoms with Crippen LogP contribution in [-0.4, -0.2) is 43.6 Å². The minimum absolute atomic E-state index is 0.00158. The second kappa shape index (κ2) is 5.64. The Morgan fingerprint density at radius 2 is 2.11 bits per heavy atom. The molecule has 0 aromatic heterocycles. The van der Waals surface area contributed by atoms with Crippen LogP contribution in [0.15, 0.2) is 24.3 Å². The third kappa shape index (κ3) is 2.87. The Kier molecular flexibility index (Phi) is 3.94. The van der Waals surface area contributed by atoms with E-state index in [9.17, 15) is 9.59 Å². The molecule has 0 saturated carbocycles. The Balaban J connectivity index is 2.01. The summed E-state index contributed by atoms with van der Waals surface area (Å²) < 4.78 is 9.69. The Morgan fingerprint density at radius 1 is 1.39 bits per heavy atom. The van der Waals surface area contributed by atoms with Gasteiger partial charge in [-0.2, -0.15) is 0 Å².